The Morgan fingerprint density at radius 3 is 2.60 bits per heavy atom. The minimum absolute atomic E-state index is 0. The summed E-state index contributed by atoms with van der Waals surface area (Å²) in [5.74, 6) is 0.189. The number of benzene rings is 1. The first-order valence-electron chi connectivity index (χ1n) is 6.96. The molecule has 0 saturated carbocycles. The number of hydrogen-bond donors (Lipinski definition) is 1. The molecule has 4 nitrogen and oxygen atoms in total. The van der Waals surface area contributed by atoms with Crippen molar-refractivity contribution in [3.05, 3.63) is 35.9 Å². The Kier molecular flexibility index (Phi) is 6.99. The van der Waals surface area contributed by atoms with Crippen LogP contribution in [0.3, 0.4) is 0 Å². The number of carbonyl (C=O) groups is 1. The Bertz CT molecular complexity index is 413. The van der Waals surface area contributed by atoms with Crippen LogP contribution in [-0.2, 0) is 11.3 Å². The maximum absolute atomic E-state index is 11.9. The summed E-state index contributed by atoms with van der Waals surface area (Å²) in [5.41, 5.74) is 6.78. The van der Waals surface area contributed by atoms with Gasteiger partial charge in [-0.3, -0.25) is 9.69 Å². The predicted molar refractivity (Wildman–Crippen MR) is 83.8 cm³/mol. The molecule has 1 unspecified atom stereocenters. The molecule has 1 aliphatic heterocycles. The minimum atomic E-state index is 0. The first kappa shape index (κ1) is 17.0. The molecule has 1 fully saturated rings. The summed E-state index contributed by atoms with van der Waals surface area (Å²) >= 11 is 0. The van der Waals surface area contributed by atoms with E-state index in [0.29, 0.717) is 13.0 Å². The molecule has 1 aromatic carbocycles. The highest BCUT2D eigenvalue weighted by Crippen LogP contribution is 2.13. The molecule has 1 aliphatic rings. The second kappa shape index (κ2) is 8.25. The maximum atomic E-state index is 11.9. The fourth-order valence-corrected chi connectivity index (χ4v) is 2.66. The number of halogens is 1. The van der Waals surface area contributed by atoms with Crippen LogP contribution in [0, 0.1) is 0 Å². The third-order valence-electron chi connectivity index (χ3n) is 3.64. The van der Waals surface area contributed by atoms with Crippen molar-refractivity contribution in [2.75, 3.05) is 26.2 Å². The van der Waals surface area contributed by atoms with Crippen molar-refractivity contribution in [2.45, 2.75) is 25.9 Å². The number of amides is 1. The second-order valence-electron chi connectivity index (χ2n) is 5.20. The van der Waals surface area contributed by atoms with Crippen molar-refractivity contribution >= 4 is 18.3 Å². The predicted octanol–water partition coefficient (Wildman–Crippen LogP) is 1.49. The van der Waals surface area contributed by atoms with Gasteiger partial charge in [0.2, 0.25) is 5.91 Å². The van der Waals surface area contributed by atoms with Gasteiger partial charge in [0.05, 0.1) is 0 Å². The topological polar surface area (TPSA) is 49.6 Å². The quantitative estimate of drug-likeness (QED) is 0.916. The lowest BCUT2D eigenvalue weighted by atomic mass is 10.1. The summed E-state index contributed by atoms with van der Waals surface area (Å²) in [5, 5.41) is 0. The van der Waals surface area contributed by atoms with E-state index < -0.39 is 0 Å². The van der Waals surface area contributed by atoms with Gasteiger partial charge < -0.3 is 10.6 Å². The minimum Gasteiger partial charge on any atom is -0.337 e. The van der Waals surface area contributed by atoms with Crippen molar-refractivity contribution in [3.8, 4) is 0 Å². The Morgan fingerprint density at radius 1 is 1.30 bits per heavy atom. The average molecular weight is 298 g/mol. The number of rotatable bonds is 4. The first-order valence-corrected chi connectivity index (χ1v) is 6.96. The summed E-state index contributed by atoms with van der Waals surface area (Å²) in [4.78, 5) is 16.3. The summed E-state index contributed by atoms with van der Waals surface area (Å²) in [6.07, 6.45) is 0.461. The largest absolute Gasteiger partial charge is 0.337 e. The lowest BCUT2D eigenvalue weighted by molar-refractivity contribution is -0.135. The van der Waals surface area contributed by atoms with Crippen LogP contribution >= 0.6 is 12.4 Å². The van der Waals surface area contributed by atoms with Gasteiger partial charge in [-0.25, -0.2) is 0 Å². The van der Waals surface area contributed by atoms with Crippen molar-refractivity contribution in [2.24, 2.45) is 5.73 Å². The molecular formula is C15H24ClN3O. The van der Waals surface area contributed by atoms with Crippen LogP contribution in [0.1, 0.15) is 18.9 Å². The fraction of sp³-hybridized carbons (Fsp3) is 0.533. The molecule has 5 heteroatoms. The average Bonchev–Trinajstić information content (AvgIpc) is 2.40. The zero-order chi connectivity index (χ0) is 13.7. The molecule has 0 spiro atoms. The summed E-state index contributed by atoms with van der Waals surface area (Å²) in [6, 6.07) is 10.7. The Morgan fingerprint density at radius 2 is 2.00 bits per heavy atom. The molecule has 0 radical (unpaired) electrons. The van der Waals surface area contributed by atoms with E-state index in [1.54, 1.807) is 0 Å². The van der Waals surface area contributed by atoms with E-state index in [1.165, 1.54) is 5.56 Å². The van der Waals surface area contributed by atoms with Crippen molar-refractivity contribution < 1.29 is 4.79 Å². The Hall–Kier alpha value is -1.10. The van der Waals surface area contributed by atoms with Crippen LogP contribution in [0.25, 0.3) is 0 Å². The molecule has 1 amide bonds. The number of nitrogens with two attached hydrogens (primary N) is 1. The zero-order valence-corrected chi connectivity index (χ0v) is 12.8. The van der Waals surface area contributed by atoms with Crippen LogP contribution in [0.5, 0.6) is 0 Å². The van der Waals surface area contributed by atoms with E-state index in [0.717, 1.165) is 26.2 Å². The molecule has 2 rings (SSSR count). The number of nitrogens with zero attached hydrogens (tertiary/aromatic N) is 2. The van der Waals surface area contributed by atoms with Gasteiger partial charge in [-0.15, -0.1) is 12.4 Å². The third kappa shape index (κ3) is 4.47. The van der Waals surface area contributed by atoms with Crippen LogP contribution in [0.2, 0.25) is 0 Å². The molecule has 0 bridgehead atoms. The molecule has 0 aromatic heterocycles. The molecule has 2 N–H and O–H groups in total. The normalized spacial score (nSPS) is 19.5. The zero-order valence-electron chi connectivity index (χ0n) is 12.0. The van der Waals surface area contributed by atoms with Crippen LogP contribution in [0.4, 0.5) is 0 Å². The smallest absolute Gasteiger partial charge is 0.224 e. The lowest BCUT2D eigenvalue weighted by Crippen LogP contribution is -2.53. The maximum Gasteiger partial charge on any atom is 0.224 e. The third-order valence-corrected chi connectivity index (χ3v) is 3.64. The Balaban J connectivity index is 0.00000200. The standard InChI is InChI=1S/C15H23N3O.ClH/c1-13-11-17(12-14-5-3-2-4-6-14)9-10-18(13)15(19)7-8-16;/h2-6,13H,7-12,16H2,1H3;1H. The van der Waals surface area contributed by atoms with Crippen LogP contribution < -0.4 is 5.73 Å². The monoisotopic (exact) mass is 297 g/mol. The Labute approximate surface area is 127 Å². The van der Waals surface area contributed by atoms with Gasteiger partial charge in [0.25, 0.3) is 0 Å². The molecule has 0 aliphatic carbocycles. The highest BCUT2D eigenvalue weighted by Gasteiger charge is 2.26. The van der Waals surface area contributed by atoms with E-state index in [4.69, 9.17) is 5.73 Å². The molecule has 1 heterocycles. The van der Waals surface area contributed by atoms with Gasteiger partial charge in [-0.1, -0.05) is 30.3 Å². The van der Waals surface area contributed by atoms with Gasteiger partial charge in [0, 0.05) is 45.2 Å². The number of piperazine rings is 1. The summed E-state index contributed by atoms with van der Waals surface area (Å²) in [6.45, 7) is 6.21. The molecule has 20 heavy (non-hydrogen) atoms. The van der Waals surface area contributed by atoms with Gasteiger partial charge >= 0.3 is 0 Å². The van der Waals surface area contributed by atoms with Gasteiger partial charge in [0.15, 0.2) is 0 Å². The second-order valence-corrected chi connectivity index (χ2v) is 5.20. The first-order chi connectivity index (χ1) is 9.20. The van der Waals surface area contributed by atoms with Crippen LogP contribution in [-0.4, -0.2) is 47.9 Å². The molecule has 1 aromatic rings. The molecular weight excluding hydrogens is 274 g/mol. The van der Waals surface area contributed by atoms with E-state index in [2.05, 4.69) is 36.1 Å². The molecule has 112 valence electrons. The number of carbonyl (C=O) groups excluding carboxylic acids is 1. The van der Waals surface area contributed by atoms with Crippen molar-refractivity contribution in [1.29, 1.82) is 0 Å². The van der Waals surface area contributed by atoms with Gasteiger partial charge in [-0.05, 0) is 12.5 Å². The van der Waals surface area contributed by atoms with Gasteiger partial charge in [-0.2, -0.15) is 0 Å². The highest BCUT2D eigenvalue weighted by molar-refractivity contribution is 5.85. The highest BCUT2D eigenvalue weighted by atomic mass is 35.5. The fourth-order valence-electron chi connectivity index (χ4n) is 2.66. The van der Waals surface area contributed by atoms with Crippen molar-refractivity contribution in [3.63, 3.8) is 0 Å². The van der Waals surface area contributed by atoms with Crippen molar-refractivity contribution in [1.82, 2.24) is 9.80 Å². The van der Waals surface area contributed by atoms with Crippen LogP contribution in [0.15, 0.2) is 30.3 Å². The van der Waals surface area contributed by atoms with E-state index in [-0.39, 0.29) is 24.4 Å². The number of hydrogen-bond acceptors (Lipinski definition) is 3. The van der Waals surface area contributed by atoms with E-state index in [9.17, 15) is 4.79 Å². The SMILES string of the molecule is CC1CN(Cc2ccccc2)CCN1C(=O)CCN.Cl. The molecule has 1 saturated heterocycles. The summed E-state index contributed by atoms with van der Waals surface area (Å²) < 4.78 is 0. The van der Waals surface area contributed by atoms with E-state index in [1.807, 2.05) is 11.0 Å². The summed E-state index contributed by atoms with van der Waals surface area (Å²) in [7, 11) is 0. The molecule has 1 atom stereocenters. The van der Waals surface area contributed by atoms with Gasteiger partial charge in [0.1, 0.15) is 0 Å². The van der Waals surface area contributed by atoms with E-state index >= 15 is 0 Å². The lowest BCUT2D eigenvalue weighted by Gasteiger charge is -2.40.